The zero-order valence-electron chi connectivity index (χ0n) is 10.0. The van der Waals surface area contributed by atoms with Crippen LogP contribution in [0.3, 0.4) is 0 Å². The van der Waals surface area contributed by atoms with E-state index in [9.17, 15) is 0 Å². The number of nitrogens with one attached hydrogen (secondary N) is 1. The third kappa shape index (κ3) is 3.37. The van der Waals surface area contributed by atoms with Crippen molar-refractivity contribution in [3.63, 3.8) is 0 Å². The lowest BCUT2D eigenvalue weighted by Gasteiger charge is -2.17. The number of thiazole rings is 1. The molecule has 2 heterocycles. The molecule has 0 aliphatic carbocycles. The summed E-state index contributed by atoms with van der Waals surface area (Å²) in [5.74, 6) is 0. The van der Waals surface area contributed by atoms with Gasteiger partial charge in [-0.05, 0) is 48.8 Å². The van der Waals surface area contributed by atoms with Gasteiger partial charge in [0.1, 0.15) is 5.01 Å². The van der Waals surface area contributed by atoms with Crippen molar-refractivity contribution in [1.82, 2.24) is 10.3 Å². The van der Waals surface area contributed by atoms with Crippen molar-refractivity contribution in [3.05, 3.63) is 36.9 Å². The number of aryl methyl sites for hydroxylation is 1. The lowest BCUT2D eigenvalue weighted by Crippen LogP contribution is -2.21. The summed E-state index contributed by atoms with van der Waals surface area (Å²) in [6.45, 7) is 6.44. The molecule has 2 aromatic heterocycles. The van der Waals surface area contributed by atoms with Gasteiger partial charge in [-0.3, -0.25) is 0 Å². The van der Waals surface area contributed by atoms with Crippen LogP contribution >= 0.6 is 38.6 Å². The van der Waals surface area contributed by atoms with Gasteiger partial charge in [-0.2, -0.15) is 0 Å². The van der Waals surface area contributed by atoms with Crippen LogP contribution in [0.25, 0.3) is 0 Å². The molecular weight excluding hydrogens is 316 g/mol. The molecule has 0 radical (unpaired) electrons. The van der Waals surface area contributed by atoms with Gasteiger partial charge in [0.05, 0.1) is 9.83 Å². The van der Waals surface area contributed by atoms with Crippen LogP contribution in [0.1, 0.15) is 40.7 Å². The Bertz CT molecular complexity index is 448. The van der Waals surface area contributed by atoms with E-state index >= 15 is 0 Å². The molecule has 5 heteroatoms. The van der Waals surface area contributed by atoms with E-state index in [0.29, 0.717) is 12.1 Å². The Morgan fingerprint density at radius 3 is 2.53 bits per heavy atom. The third-order valence-corrected chi connectivity index (χ3v) is 5.43. The van der Waals surface area contributed by atoms with E-state index in [1.54, 1.807) is 22.7 Å². The first-order valence-corrected chi connectivity index (χ1v) is 7.92. The Hall–Kier alpha value is -0.230. The van der Waals surface area contributed by atoms with E-state index < -0.39 is 0 Å². The summed E-state index contributed by atoms with van der Waals surface area (Å²) in [6, 6.07) is 4.90. The summed E-state index contributed by atoms with van der Waals surface area (Å²) in [4.78, 5) is 7.03. The highest BCUT2D eigenvalue weighted by Crippen LogP contribution is 2.29. The molecule has 0 aromatic carbocycles. The molecule has 2 aromatic rings. The van der Waals surface area contributed by atoms with Gasteiger partial charge >= 0.3 is 0 Å². The van der Waals surface area contributed by atoms with Gasteiger partial charge in [0.15, 0.2) is 0 Å². The molecule has 92 valence electrons. The lowest BCUT2D eigenvalue weighted by molar-refractivity contribution is 0.498. The fraction of sp³-hybridized carbons (Fsp3) is 0.417. The first kappa shape index (κ1) is 13.2. The molecular formula is C12H15BrN2S2. The van der Waals surface area contributed by atoms with Crippen LogP contribution in [0.4, 0.5) is 0 Å². The van der Waals surface area contributed by atoms with Crippen LogP contribution < -0.4 is 5.32 Å². The highest BCUT2D eigenvalue weighted by molar-refractivity contribution is 9.11. The number of hydrogen-bond acceptors (Lipinski definition) is 4. The van der Waals surface area contributed by atoms with Crippen LogP contribution in [-0.2, 0) is 0 Å². The molecule has 0 fully saturated rings. The number of hydrogen-bond donors (Lipinski definition) is 1. The van der Waals surface area contributed by atoms with E-state index in [1.807, 2.05) is 6.20 Å². The minimum Gasteiger partial charge on any atom is -0.301 e. The van der Waals surface area contributed by atoms with E-state index in [2.05, 4.69) is 59.1 Å². The number of halogens is 1. The van der Waals surface area contributed by atoms with Crippen molar-refractivity contribution < 1.29 is 0 Å². The SMILES string of the molecule is Cc1cnc(C(C)NC(C)c2ccc(Br)s2)s1. The maximum Gasteiger partial charge on any atom is 0.109 e. The lowest BCUT2D eigenvalue weighted by atomic mass is 10.2. The van der Waals surface area contributed by atoms with E-state index in [-0.39, 0.29) is 0 Å². The highest BCUT2D eigenvalue weighted by atomic mass is 79.9. The van der Waals surface area contributed by atoms with E-state index in [1.165, 1.54) is 13.5 Å². The second-order valence-corrected chi connectivity index (χ2v) is 7.82. The molecule has 2 unspecified atom stereocenters. The zero-order chi connectivity index (χ0) is 12.4. The summed E-state index contributed by atoms with van der Waals surface area (Å²) in [7, 11) is 0. The zero-order valence-corrected chi connectivity index (χ0v) is 13.2. The minimum atomic E-state index is 0.296. The second-order valence-electron chi connectivity index (χ2n) is 4.06. The van der Waals surface area contributed by atoms with Crippen molar-refractivity contribution in [2.75, 3.05) is 0 Å². The van der Waals surface area contributed by atoms with Crippen molar-refractivity contribution in [2.24, 2.45) is 0 Å². The Morgan fingerprint density at radius 2 is 2.00 bits per heavy atom. The van der Waals surface area contributed by atoms with Gasteiger partial charge in [-0.15, -0.1) is 22.7 Å². The number of nitrogens with zero attached hydrogens (tertiary/aromatic N) is 1. The molecule has 0 aliphatic rings. The molecule has 17 heavy (non-hydrogen) atoms. The summed E-state index contributed by atoms with van der Waals surface area (Å²) in [6.07, 6.45) is 1.94. The minimum absolute atomic E-state index is 0.296. The van der Waals surface area contributed by atoms with E-state index in [0.717, 1.165) is 5.01 Å². The van der Waals surface area contributed by atoms with Gasteiger partial charge in [0.25, 0.3) is 0 Å². The van der Waals surface area contributed by atoms with E-state index in [4.69, 9.17) is 0 Å². The third-order valence-electron chi connectivity index (χ3n) is 2.53. The van der Waals surface area contributed by atoms with Crippen LogP contribution in [0.15, 0.2) is 22.1 Å². The average molecular weight is 331 g/mol. The summed E-state index contributed by atoms with van der Waals surface area (Å²) < 4.78 is 1.18. The summed E-state index contributed by atoms with van der Waals surface area (Å²) >= 11 is 7.03. The Balaban J connectivity index is 2.01. The highest BCUT2D eigenvalue weighted by Gasteiger charge is 2.14. The maximum absolute atomic E-state index is 4.42. The largest absolute Gasteiger partial charge is 0.301 e. The van der Waals surface area contributed by atoms with Crippen molar-refractivity contribution in [2.45, 2.75) is 32.9 Å². The molecule has 1 N–H and O–H groups in total. The van der Waals surface area contributed by atoms with Crippen molar-refractivity contribution in [3.8, 4) is 0 Å². The molecule has 2 rings (SSSR count). The molecule has 0 amide bonds. The average Bonchev–Trinajstić information content (AvgIpc) is 2.87. The molecule has 0 saturated heterocycles. The Morgan fingerprint density at radius 1 is 1.24 bits per heavy atom. The maximum atomic E-state index is 4.42. The molecule has 0 saturated carbocycles. The monoisotopic (exact) mass is 330 g/mol. The summed E-state index contributed by atoms with van der Waals surface area (Å²) in [5.41, 5.74) is 0. The van der Waals surface area contributed by atoms with Crippen molar-refractivity contribution in [1.29, 1.82) is 0 Å². The van der Waals surface area contributed by atoms with Gasteiger partial charge in [-0.1, -0.05) is 0 Å². The second kappa shape index (κ2) is 5.61. The molecule has 2 nitrogen and oxygen atoms in total. The van der Waals surface area contributed by atoms with Gasteiger partial charge in [0, 0.05) is 22.0 Å². The number of aromatic nitrogens is 1. The standard InChI is InChI=1S/C12H15BrN2S2/c1-7-6-14-12(16-7)9(3)15-8(2)10-4-5-11(13)17-10/h4-6,8-9,15H,1-3H3. The van der Waals surface area contributed by atoms with Crippen LogP contribution in [0.5, 0.6) is 0 Å². The first-order chi connectivity index (χ1) is 8.06. The predicted molar refractivity (Wildman–Crippen MR) is 78.8 cm³/mol. The quantitative estimate of drug-likeness (QED) is 0.879. The smallest absolute Gasteiger partial charge is 0.109 e. The van der Waals surface area contributed by atoms with Gasteiger partial charge in [0.2, 0.25) is 0 Å². The molecule has 0 bridgehead atoms. The fourth-order valence-corrected chi connectivity index (χ4v) is 3.88. The molecule has 2 atom stereocenters. The topological polar surface area (TPSA) is 24.9 Å². The van der Waals surface area contributed by atoms with Crippen molar-refractivity contribution >= 4 is 38.6 Å². The normalized spacial score (nSPS) is 14.8. The predicted octanol–water partition coefficient (Wildman–Crippen LogP) is 4.69. The van der Waals surface area contributed by atoms with Crippen LogP contribution in [0.2, 0.25) is 0 Å². The van der Waals surface area contributed by atoms with Crippen LogP contribution in [0, 0.1) is 6.92 Å². The number of thiophene rings is 1. The van der Waals surface area contributed by atoms with Gasteiger partial charge in [-0.25, -0.2) is 4.98 Å². The van der Waals surface area contributed by atoms with Gasteiger partial charge < -0.3 is 5.32 Å². The molecule has 0 aliphatic heterocycles. The molecule has 0 spiro atoms. The Labute approximate surface area is 118 Å². The number of rotatable bonds is 4. The fourth-order valence-electron chi connectivity index (χ4n) is 1.66. The Kier molecular flexibility index (Phi) is 4.36. The van der Waals surface area contributed by atoms with Crippen LogP contribution in [-0.4, -0.2) is 4.98 Å². The first-order valence-electron chi connectivity index (χ1n) is 5.50. The summed E-state index contributed by atoms with van der Waals surface area (Å²) in [5, 5.41) is 4.73.